The van der Waals surface area contributed by atoms with Crippen molar-refractivity contribution in [1.82, 2.24) is 0 Å². The van der Waals surface area contributed by atoms with Gasteiger partial charge in [-0.05, 0) is 0 Å². The average molecular weight is 214 g/mol. The molecule has 0 bridgehead atoms. The van der Waals surface area contributed by atoms with E-state index in [9.17, 15) is 34.9 Å². The topological polar surface area (TPSA) is 57.2 Å². The zero-order chi connectivity index (χ0) is 9.50. The molecule has 0 radical (unpaired) electrons. The van der Waals surface area contributed by atoms with Crippen molar-refractivity contribution in [2.24, 2.45) is 0 Å². The van der Waals surface area contributed by atoms with E-state index in [1.807, 2.05) is 0 Å². The van der Waals surface area contributed by atoms with E-state index in [1.54, 1.807) is 0 Å². The summed E-state index contributed by atoms with van der Waals surface area (Å²) < 4.78 is 83.6. The quantitative estimate of drug-likeness (QED) is 0.373. The van der Waals surface area contributed by atoms with Gasteiger partial charge >= 0.3 is 11.4 Å². The zero-order valence-electron chi connectivity index (χ0n) is 5.52. The molecule has 0 aromatic carbocycles. The first kappa shape index (κ1) is 14.0. The maximum absolute atomic E-state index is 11.4. The van der Waals surface area contributed by atoms with Crippen LogP contribution in [-0.4, -0.2) is 24.4 Å². The lowest BCUT2D eigenvalue weighted by Gasteiger charge is -2.21. The van der Waals surface area contributed by atoms with Gasteiger partial charge in [0.05, 0.1) is 0 Å². The Balaban J connectivity index is 0. The second kappa shape index (κ2) is 3.05. The van der Waals surface area contributed by atoms with Crippen LogP contribution in [0.1, 0.15) is 0 Å². The standard InChI is InChI=1S/C2HF5O3S.CH3/c3-1(4,5)2(6,7)11(8,9)10;/h(H,8,9,10);1H3/q;+1/p-1. The molecular weight excluding hydrogens is 211 g/mol. The summed E-state index contributed by atoms with van der Waals surface area (Å²) in [5, 5.41) is -6.21. The van der Waals surface area contributed by atoms with E-state index in [4.69, 9.17) is 0 Å². The Kier molecular flexibility index (Phi) is 3.56. The second-order valence-electron chi connectivity index (χ2n) is 1.47. The van der Waals surface area contributed by atoms with Gasteiger partial charge < -0.3 is 4.55 Å². The molecule has 0 fully saturated rings. The van der Waals surface area contributed by atoms with Crippen LogP contribution in [0.3, 0.4) is 0 Å². The summed E-state index contributed by atoms with van der Waals surface area (Å²) >= 11 is 0. The van der Waals surface area contributed by atoms with Gasteiger partial charge in [0.1, 0.15) is 0 Å². The maximum Gasteiger partial charge on any atom is 0.468 e. The lowest BCUT2D eigenvalue weighted by atomic mass is 10.7. The number of rotatable bonds is 1. The summed E-state index contributed by atoms with van der Waals surface area (Å²) in [6, 6.07) is 0. The highest BCUT2D eigenvalue weighted by molar-refractivity contribution is 7.86. The summed E-state index contributed by atoms with van der Waals surface area (Å²) in [5.41, 5.74) is 0. The minimum absolute atomic E-state index is 0. The third-order valence-corrected chi connectivity index (χ3v) is 1.50. The van der Waals surface area contributed by atoms with Crippen molar-refractivity contribution in [2.45, 2.75) is 11.4 Å². The molecule has 0 amide bonds. The number of alkyl halides is 5. The molecule has 0 aliphatic heterocycles. The van der Waals surface area contributed by atoms with Gasteiger partial charge in [-0.2, -0.15) is 22.0 Å². The van der Waals surface area contributed by atoms with Gasteiger partial charge in [0.15, 0.2) is 10.1 Å². The van der Waals surface area contributed by atoms with Gasteiger partial charge in [0.2, 0.25) is 0 Å². The largest absolute Gasteiger partial charge is 0.743 e. The molecule has 0 saturated heterocycles. The molecule has 0 saturated carbocycles. The second-order valence-corrected chi connectivity index (χ2v) is 2.89. The highest BCUT2D eigenvalue weighted by atomic mass is 32.2. The Hall–Kier alpha value is -0.570. The van der Waals surface area contributed by atoms with Crippen LogP contribution in [0, 0.1) is 7.43 Å². The first-order valence-corrected chi connectivity index (χ1v) is 3.31. The first-order chi connectivity index (χ1) is 4.50. The summed E-state index contributed by atoms with van der Waals surface area (Å²) in [4.78, 5) is 0. The van der Waals surface area contributed by atoms with E-state index in [1.165, 1.54) is 0 Å². The van der Waals surface area contributed by atoms with Crippen molar-refractivity contribution in [3.05, 3.63) is 7.43 Å². The van der Waals surface area contributed by atoms with Crippen LogP contribution in [0.5, 0.6) is 0 Å². The Morgan fingerprint density at radius 1 is 1.00 bits per heavy atom. The molecule has 3 nitrogen and oxygen atoms in total. The Morgan fingerprint density at radius 2 is 1.25 bits per heavy atom. The highest BCUT2D eigenvalue weighted by Gasteiger charge is 2.63. The molecule has 74 valence electrons. The average Bonchev–Trinajstić information content (AvgIpc) is 1.58. The fourth-order valence-electron chi connectivity index (χ4n) is 0.142. The van der Waals surface area contributed by atoms with Crippen LogP contribution < -0.4 is 0 Å². The zero-order valence-corrected chi connectivity index (χ0v) is 6.34. The first-order valence-electron chi connectivity index (χ1n) is 1.90. The van der Waals surface area contributed by atoms with Crippen molar-refractivity contribution in [3.63, 3.8) is 0 Å². The smallest absolute Gasteiger partial charge is 0.468 e. The van der Waals surface area contributed by atoms with E-state index in [-0.39, 0.29) is 7.43 Å². The molecule has 0 rings (SSSR count). The van der Waals surface area contributed by atoms with Crippen molar-refractivity contribution >= 4 is 10.1 Å². The normalized spacial score (nSPS) is 13.8. The van der Waals surface area contributed by atoms with Crippen molar-refractivity contribution in [3.8, 4) is 0 Å². The molecule has 12 heavy (non-hydrogen) atoms. The molecule has 0 spiro atoms. The van der Waals surface area contributed by atoms with Gasteiger partial charge in [-0.25, -0.2) is 8.42 Å². The third-order valence-electron chi connectivity index (χ3n) is 0.644. The van der Waals surface area contributed by atoms with Crippen LogP contribution in [0.4, 0.5) is 22.0 Å². The summed E-state index contributed by atoms with van der Waals surface area (Å²) in [6.45, 7) is 0. The third kappa shape index (κ3) is 2.21. The Labute approximate surface area is 64.9 Å². The van der Waals surface area contributed by atoms with Crippen molar-refractivity contribution in [1.29, 1.82) is 0 Å². The molecule has 0 aromatic heterocycles. The fraction of sp³-hybridized carbons (Fsp3) is 0.667. The van der Waals surface area contributed by atoms with Gasteiger partial charge in [-0.3, -0.25) is 0 Å². The summed E-state index contributed by atoms with van der Waals surface area (Å²) in [5.74, 6) is 0. The molecule has 9 heteroatoms. The highest BCUT2D eigenvalue weighted by Crippen LogP contribution is 2.38. The molecule has 0 unspecified atom stereocenters. The van der Waals surface area contributed by atoms with Gasteiger partial charge in [0.25, 0.3) is 0 Å². The maximum atomic E-state index is 11.4. The van der Waals surface area contributed by atoms with Crippen LogP contribution in [0.25, 0.3) is 0 Å². The summed E-state index contributed by atoms with van der Waals surface area (Å²) in [7, 11) is -6.67. The SMILES string of the molecule is O=S(=O)([O-])C(F)(F)C(F)(F)F.[CH3+]. The predicted molar refractivity (Wildman–Crippen MR) is 27.1 cm³/mol. The Morgan fingerprint density at radius 3 is 1.25 bits per heavy atom. The van der Waals surface area contributed by atoms with E-state index in [2.05, 4.69) is 0 Å². The Bertz CT molecular complexity index is 239. The van der Waals surface area contributed by atoms with E-state index < -0.39 is 21.5 Å². The van der Waals surface area contributed by atoms with E-state index >= 15 is 0 Å². The number of hydrogen-bond donors (Lipinski definition) is 0. The van der Waals surface area contributed by atoms with E-state index in [0.29, 0.717) is 0 Å². The van der Waals surface area contributed by atoms with E-state index in [0.717, 1.165) is 0 Å². The molecule has 0 atom stereocenters. The minimum Gasteiger partial charge on any atom is -0.743 e. The molecule has 0 aromatic rings. The minimum atomic E-state index is -6.67. The molecule has 0 heterocycles. The molecule has 0 aliphatic carbocycles. The lowest BCUT2D eigenvalue weighted by Crippen LogP contribution is -2.43. The predicted octanol–water partition coefficient (Wildman–Crippen LogP) is 1.14. The summed E-state index contributed by atoms with van der Waals surface area (Å²) in [6.07, 6.45) is -6.35. The lowest BCUT2D eigenvalue weighted by molar-refractivity contribution is -0.243. The number of hydrogen-bond acceptors (Lipinski definition) is 3. The fourth-order valence-corrected chi connectivity index (χ4v) is 0.425. The van der Waals surface area contributed by atoms with Gasteiger partial charge in [-0.15, -0.1) is 0 Å². The molecular formula is C3H3F5O3S. The van der Waals surface area contributed by atoms with Crippen molar-refractivity contribution in [2.75, 3.05) is 0 Å². The van der Waals surface area contributed by atoms with Crippen molar-refractivity contribution < 1.29 is 34.9 Å². The van der Waals surface area contributed by atoms with Gasteiger partial charge in [-0.1, -0.05) is 0 Å². The monoisotopic (exact) mass is 214 g/mol. The van der Waals surface area contributed by atoms with Crippen LogP contribution >= 0.6 is 0 Å². The van der Waals surface area contributed by atoms with Crippen LogP contribution in [0.2, 0.25) is 0 Å². The number of halogens is 5. The van der Waals surface area contributed by atoms with Crippen LogP contribution in [-0.2, 0) is 10.1 Å². The van der Waals surface area contributed by atoms with Crippen LogP contribution in [0.15, 0.2) is 0 Å². The molecule has 0 aliphatic rings. The molecule has 0 N–H and O–H groups in total. The van der Waals surface area contributed by atoms with Gasteiger partial charge in [0, 0.05) is 7.43 Å².